The summed E-state index contributed by atoms with van der Waals surface area (Å²) in [4.78, 5) is 12.0. The Morgan fingerprint density at radius 2 is 0.750 bits per heavy atom. The van der Waals surface area contributed by atoms with E-state index in [2.05, 4.69) is 0 Å². The number of rotatable bonds is 18. The maximum absolute atomic E-state index is 14.3. The standard InChI is InChI=1S/C24H23F25O3/c1-6-12(4,5)10(50)51-9-11(2,3)7-8-13(25,26)14(27,28)15(29,30)17(33,34)20(39,40)23(46,47)52-24(48,49)21(41,42)18(35,36)16(31,32)19(37,38)22(43,44)45/h6-9H2,1-5H3. The van der Waals surface area contributed by atoms with E-state index in [1.807, 2.05) is 0 Å². The van der Waals surface area contributed by atoms with Crippen molar-refractivity contribution in [1.82, 2.24) is 0 Å². The quantitative estimate of drug-likeness (QED) is 0.102. The van der Waals surface area contributed by atoms with Crippen LogP contribution in [-0.4, -0.2) is 84.3 Å². The zero-order valence-corrected chi connectivity index (χ0v) is 26.0. The van der Waals surface area contributed by atoms with Gasteiger partial charge in [-0.15, -0.1) is 0 Å². The van der Waals surface area contributed by atoms with Crippen molar-refractivity contribution in [2.45, 2.75) is 126 Å². The summed E-state index contributed by atoms with van der Waals surface area (Å²) in [5, 5.41) is 0. The molecule has 0 amide bonds. The second-order valence-corrected chi connectivity index (χ2v) is 12.4. The van der Waals surface area contributed by atoms with Crippen molar-refractivity contribution >= 4 is 5.97 Å². The number of carbonyl (C=O) groups excluding carboxylic acids is 1. The summed E-state index contributed by atoms with van der Waals surface area (Å²) in [5.74, 6) is -78.1. The number of hydrogen-bond acceptors (Lipinski definition) is 3. The van der Waals surface area contributed by atoms with Gasteiger partial charge in [0.2, 0.25) is 0 Å². The summed E-state index contributed by atoms with van der Waals surface area (Å²) in [5.41, 5.74) is -3.26. The minimum atomic E-state index is -9.09. The largest absolute Gasteiger partial charge is 0.465 e. The SMILES string of the molecule is CCC(C)(C)C(=O)OCC(C)(C)CCC(F)(F)C(F)(F)C(F)(F)C(F)(F)C(F)(F)C(F)(F)OC(F)(F)C(F)(F)C(F)(F)C(F)(F)C(F)(F)C(F)(F)F. The highest BCUT2D eigenvalue weighted by atomic mass is 19.4. The first kappa shape index (κ1) is 49.7. The molecule has 0 aliphatic carbocycles. The van der Waals surface area contributed by atoms with E-state index in [4.69, 9.17) is 4.74 Å². The van der Waals surface area contributed by atoms with E-state index >= 15 is 0 Å². The highest BCUT2D eigenvalue weighted by Crippen LogP contribution is 2.64. The summed E-state index contributed by atoms with van der Waals surface area (Å²) in [7, 11) is 0. The predicted molar refractivity (Wildman–Crippen MR) is 120 cm³/mol. The van der Waals surface area contributed by atoms with Crippen LogP contribution in [0.25, 0.3) is 0 Å². The van der Waals surface area contributed by atoms with Crippen LogP contribution >= 0.6 is 0 Å². The Bertz CT molecular complexity index is 1260. The van der Waals surface area contributed by atoms with Gasteiger partial charge in [-0.2, -0.15) is 110 Å². The van der Waals surface area contributed by atoms with Crippen molar-refractivity contribution < 1.29 is 124 Å². The molecule has 0 rings (SSSR count). The van der Waals surface area contributed by atoms with E-state index < -0.39 is 108 Å². The molecular weight excluding hydrogens is 811 g/mol. The summed E-state index contributed by atoms with van der Waals surface area (Å²) < 4.78 is 344. The summed E-state index contributed by atoms with van der Waals surface area (Å²) in [6.45, 7) is 4.57. The van der Waals surface area contributed by atoms with Gasteiger partial charge in [0.1, 0.15) is 0 Å². The van der Waals surface area contributed by atoms with Crippen molar-refractivity contribution in [2.75, 3.05) is 6.61 Å². The molecule has 0 N–H and O–H groups in total. The third kappa shape index (κ3) is 7.76. The molecule has 0 spiro atoms. The average Bonchev–Trinajstić information content (AvgIpc) is 2.92. The van der Waals surface area contributed by atoms with Gasteiger partial charge in [-0.05, 0) is 32.1 Å². The van der Waals surface area contributed by atoms with Crippen LogP contribution in [0.15, 0.2) is 0 Å². The lowest BCUT2D eigenvalue weighted by Crippen LogP contribution is -2.73. The Kier molecular flexibility index (Phi) is 12.9. The monoisotopic (exact) mass is 834 g/mol. The van der Waals surface area contributed by atoms with Crippen molar-refractivity contribution in [3.8, 4) is 0 Å². The van der Waals surface area contributed by atoms with Crippen molar-refractivity contribution in [3.05, 3.63) is 0 Å². The van der Waals surface area contributed by atoms with Gasteiger partial charge in [0.05, 0.1) is 12.0 Å². The average molecular weight is 834 g/mol. The van der Waals surface area contributed by atoms with E-state index in [0.29, 0.717) is 0 Å². The van der Waals surface area contributed by atoms with E-state index in [0.717, 1.165) is 18.6 Å². The Morgan fingerprint density at radius 1 is 0.442 bits per heavy atom. The first-order valence-electron chi connectivity index (χ1n) is 13.2. The highest BCUT2D eigenvalue weighted by molar-refractivity contribution is 5.75. The number of ether oxygens (including phenoxy) is 2. The summed E-state index contributed by atoms with van der Waals surface area (Å²) in [6.07, 6.45) is -30.1. The van der Waals surface area contributed by atoms with Crippen LogP contribution < -0.4 is 0 Å². The van der Waals surface area contributed by atoms with E-state index in [-0.39, 0.29) is 6.42 Å². The smallest absolute Gasteiger partial charge is 0.460 e. The molecule has 28 heteroatoms. The second kappa shape index (κ2) is 13.5. The van der Waals surface area contributed by atoms with Gasteiger partial charge in [-0.25, -0.2) is 4.74 Å². The first-order chi connectivity index (χ1) is 22.1. The Hall–Kier alpha value is -2.32. The molecule has 0 fully saturated rings. The molecule has 312 valence electrons. The Labute approximate surface area is 274 Å². The van der Waals surface area contributed by atoms with Gasteiger partial charge in [0, 0.05) is 6.42 Å². The molecule has 0 unspecified atom stereocenters. The molecular formula is C24H23F25O3. The minimum Gasteiger partial charge on any atom is -0.465 e. The molecule has 0 aliphatic heterocycles. The van der Waals surface area contributed by atoms with Crippen molar-refractivity contribution in [3.63, 3.8) is 0 Å². The lowest BCUT2D eigenvalue weighted by molar-refractivity contribution is -0.527. The normalized spacial score (nSPS) is 16.3. The molecule has 3 nitrogen and oxygen atoms in total. The van der Waals surface area contributed by atoms with Gasteiger partial charge in [-0.3, -0.25) is 4.79 Å². The maximum Gasteiger partial charge on any atom is 0.460 e. The lowest BCUT2D eigenvalue weighted by Gasteiger charge is -2.43. The third-order valence-corrected chi connectivity index (χ3v) is 7.32. The van der Waals surface area contributed by atoms with E-state index in [9.17, 15) is 115 Å². The molecule has 0 saturated heterocycles. The molecule has 0 radical (unpaired) electrons. The zero-order chi connectivity index (χ0) is 42.8. The van der Waals surface area contributed by atoms with Gasteiger partial charge < -0.3 is 4.74 Å². The summed E-state index contributed by atoms with van der Waals surface area (Å²) in [6, 6.07) is 0. The van der Waals surface area contributed by atoms with Crippen LogP contribution in [-0.2, 0) is 14.3 Å². The third-order valence-electron chi connectivity index (χ3n) is 7.32. The van der Waals surface area contributed by atoms with Crippen LogP contribution in [0.3, 0.4) is 0 Å². The topological polar surface area (TPSA) is 35.5 Å². The molecule has 0 aromatic carbocycles. The molecule has 0 aliphatic rings. The maximum atomic E-state index is 14.3. The fourth-order valence-corrected chi connectivity index (χ4v) is 3.18. The number of carbonyl (C=O) groups is 1. The Balaban J connectivity index is 6.71. The van der Waals surface area contributed by atoms with Crippen LogP contribution in [0.1, 0.15) is 53.9 Å². The second-order valence-electron chi connectivity index (χ2n) is 12.4. The van der Waals surface area contributed by atoms with Crippen LogP contribution in [0.4, 0.5) is 110 Å². The van der Waals surface area contributed by atoms with Gasteiger partial charge in [0.25, 0.3) is 0 Å². The van der Waals surface area contributed by atoms with Crippen LogP contribution in [0.5, 0.6) is 0 Å². The number of esters is 1. The first-order valence-corrected chi connectivity index (χ1v) is 13.2. The molecule has 0 saturated carbocycles. The summed E-state index contributed by atoms with van der Waals surface area (Å²) >= 11 is 0. The number of alkyl halides is 25. The minimum absolute atomic E-state index is 0.0813. The molecule has 0 aromatic rings. The van der Waals surface area contributed by atoms with Crippen molar-refractivity contribution in [2.24, 2.45) is 10.8 Å². The predicted octanol–water partition coefficient (Wildman–Crippen LogP) is 11.3. The number of halogens is 25. The molecule has 0 atom stereocenters. The molecule has 0 bridgehead atoms. The number of hydrogen-bond donors (Lipinski definition) is 0. The van der Waals surface area contributed by atoms with Crippen LogP contribution in [0.2, 0.25) is 0 Å². The van der Waals surface area contributed by atoms with Gasteiger partial charge in [0.15, 0.2) is 0 Å². The van der Waals surface area contributed by atoms with Crippen LogP contribution in [0, 0.1) is 10.8 Å². The Morgan fingerprint density at radius 3 is 1.06 bits per heavy atom. The molecule has 0 aromatic heterocycles. The highest BCUT2D eigenvalue weighted by Gasteiger charge is 2.94. The fourth-order valence-electron chi connectivity index (χ4n) is 3.18. The lowest BCUT2D eigenvalue weighted by atomic mass is 9.84. The molecule has 0 heterocycles. The molecule has 52 heavy (non-hydrogen) atoms. The van der Waals surface area contributed by atoms with E-state index in [1.165, 1.54) is 20.8 Å². The van der Waals surface area contributed by atoms with Gasteiger partial charge in [-0.1, -0.05) is 20.8 Å². The van der Waals surface area contributed by atoms with Crippen molar-refractivity contribution in [1.29, 1.82) is 0 Å². The van der Waals surface area contributed by atoms with Gasteiger partial charge >= 0.3 is 77.7 Å². The fraction of sp³-hybridized carbons (Fsp3) is 0.958. The zero-order valence-electron chi connectivity index (χ0n) is 26.0. The van der Waals surface area contributed by atoms with E-state index in [1.54, 1.807) is 0 Å².